The summed E-state index contributed by atoms with van der Waals surface area (Å²) < 4.78 is 10.4. The first kappa shape index (κ1) is 19.6. The summed E-state index contributed by atoms with van der Waals surface area (Å²) in [6.45, 7) is 3.32. The van der Waals surface area contributed by atoms with E-state index in [9.17, 15) is 14.4 Å². The van der Waals surface area contributed by atoms with Gasteiger partial charge in [-0.1, -0.05) is 0 Å². The lowest BCUT2D eigenvalue weighted by Gasteiger charge is -2.27. The van der Waals surface area contributed by atoms with Crippen molar-refractivity contribution in [1.29, 1.82) is 0 Å². The van der Waals surface area contributed by atoms with E-state index in [0.717, 1.165) is 0 Å². The van der Waals surface area contributed by atoms with Gasteiger partial charge in [-0.2, -0.15) is 0 Å². The average Bonchev–Trinajstić information content (AvgIpc) is 3.00. The lowest BCUT2D eigenvalue weighted by Crippen LogP contribution is -2.44. The number of methoxy groups -OCH3 is 2. The number of rotatable bonds is 7. The maximum atomic E-state index is 12.7. The summed E-state index contributed by atoms with van der Waals surface area (Å²) in [6, 6.07) is 4.83. The number of carbonyl (C=O) groups excluding carboxylic acids is 2. The van der Waals surface area contributed by atoms with Crippen molar-refractivity contribution in [2.75, 3.05) is 32.2 Å². The third kappa shape index (κ3) is 4.25. The van der Waals surface area contributed by atoms with E-state index in [1.165, 1.54) is 24.0 Å². The lowest BCUT2D eigenvalue weighted by molar-refractivity contribution is -0.147. The highest BCUT2D eigenvalue weighted by Gasteiger charge is 2.38. The Hall–Kier alpha value is -2.77. The fraction of sp³-hybridized carbons (Fsp3) is 0.500. The number of carboxylic acid groups (broad SMARTS) is 1. The zero-order valence-electron chi connectivity index (χ0n) is 15.4. The molecule has 0 radical (unpaired) electrons. The van der Waals surface area contributed by atoms with Crippen LogP contribution in [0.15, 0.2) is 18.2 Å². The van der Waals surface area contributed by atoms with Crippen LogP contribution in [0.5, 0.6) is 11.5 Å². The summed E-state index contributed by atoms with van der Waals surface area (Å²) in [5.74, 6) is -1.11. The van der Waals surface area contributed by atoms with Crippen molar-refractivity contribution < 1.29 is 29.0 Å². The summed E-state index contributed by atoms with van der Waals surface area (Å²) in [5.41, 5.74) is 0.579. The third-order valence-electron chi connectivity index (χ3n) is 4.33. The molecular weight excluding hydrogens is 340 g/mol. The molecule has 0 bridgehead atoms. The molecule has 8 heteroatoms. The normalized spacial score (nSPS) is 16.7. The van der Waals surface area contributed by atoms with Crippen molar-refractivity contribution in [2.24, 2.45) is 5.92 Å². The highest BCUT2D eigenvalue weighted by molar-refractivity contribution is 6.01. The molecule has 1 aromatic carbocycles. The van der Waals surface area contributed by atoms with Crippen LogP contribution in [-0.4, -0.2) is 61.1 Å². The molecule has 0 aliphatic carbocycles. The van der Waals surface area contributed by atoms with E-state index >= 15 is 0 Å². The quantitative estimate of drug-likeness (QED) is 0.785. The molecule has 1 aromatic rings. The highest BCUT2D eigenvalue weighted by Crippen LogP contribution is 2.33. The molecule has 0 saturated carbocycles. The SMILES string of the molecule is COc1cc(OC)cc(N2CC(C(=O)N(CC(=O)O)C(C)C)CC2=O)c1. The van der Waals surface area contributed by atoms with Gasteiger partial charge >= 0.3 is 5.97 Å². The number of ether oxygens (including phenoxy) is 2. The van der Waals surface area contributed by atoms with E-state index in [-0.39, 0.29) is 37.4 Å². The van der Waals surface area contributed by atoms with Crippen molar-refractivity contribution >= 4 is 23.5 Å². The molecule has 2 amide bonds. The second kappa shape index (κ2) is 8.07. The van der Waals surface area contributed by atoms with Crippen LogP contribution in [-0.2, 0) is 14.4 Å². The Kier molecular flexibility index (Phi) is 6.07. The smallest absolute Gasteiger partial charge is 0.323 e. The summed E-state index contributed by atoms with van der Waals surface area (Å²) in [5, 5.41) is 9.02. The Morgan fingerprint density at radius 1 is 1.23 bits per heavy atom. The van der Waals surface area contributed by atoms with Crippen molar-refractivity contribution in [3.8, 4) is 11.5 Å². The van der Waals surface area contributed by atoms with Gasteiger partial charge < -0.3 is 24.4 Å². The van der Waals surface area contributed by atoms with Crippen molar-refractivity contribution in [3.63, 3.8) is 0 Å². The maximum absolute atomic E-state index is 12.7. The Labute approximate surface area is 152 Å². The van der Waals surface area contributed by atoms with Crippen LogP contribution >= 0.6 is 0 Å². The lowest BCUT2D eigenvalue weighted by atomic mass is 10.1. The van der Waals surface area contributed by atoms with Crippen LogP contribution in [0.25, 0.3) is 0 Å². The molecular formula is C18H24N2O6. The van der Waals surface area contributed by atoms with Gasteiger partial charge in [0, 0.05) is 37.2 Å². The van der Waals surface area contributed by atoms with E-state index in [1.54, 1.807) is 32.0 Å². The third-order valence-corrected chi connectivity index (χ3v) is 4.33. The van der Waals surface area contributed by atoms with Crippen molar-refractivity contribution in [1.82, 2.24) is 4.90 Å². The Balaban J connectivity index is 2.22. The van der Waals surface area contributed by atoms with Crippen molar-refractivity contribution in [3.05, 3.63) is 18.2 Å². The largest absolute Gasteiger partial charge is 0.497 e. The number of aliphatic carboxylic acids is 1. The maximum Gasteiger partial charge on any atom is 0.323 e. The summed E-state index contributed by atoms with van der Waals surface area (Å²) >= 11 is 0. The molecule has 2 rings (SSSR count). The molecule has 1 heterocycles. The molecule has 1 aliphatic heterocycles. The number of anilines is 1. The van der Waals surface area contributed by atoms with Gasteiger partial charge in [0.1, 0.15) is 18.0 Å². The summed E-state index contributed by atoms with van der Waals surface area (Å²) in [7, 11) is 3.03. The number of carbonyl (C=O) groups is 3. The van der Waals surface area contributed by atoms with Gasteiger partial charge in [0.15, 0.2) is 0 Å². The molecule has 1 fully saturated rings. The van der Waals surface area contributed by atoms with Crippen molar-refractivity contribution in [2.45, 2.75) is 26.3 Å². The first-order valence-electron chi connectivity index (χ1n) is 8.32. The van der Waals surface area contributed by atoms with Crippen LogP contribution in [0.4, 0.5) is 5.69 Å². The topological polar surface area (TPSA) is 96.4 Å². The van der Waals surface area contributed by atoms with Gasteiger partial charge in [0.2, 0.25) is 11.8 Å². The zero-order chi connectivity index (χ0) is 19.4. The standard InChI is InChI=1S/C18H24N2O6/c1-11(2)19(10-17(22)23)18(24)12-5-16(21)20(9-12)13-6-14(25-3)8-15(7-13)26-4/h6-8,11-12H,5,9-10H2,1-4H3,(H,22,23). The molecule has 0 spiro atoms. The van der Waals surface area contributed by atoms with E-state index in [2.05, 4.69) is 0 Å². The number of hydrogen-bond acceptors (Lipinski definition) is 5. The predicted molar refractivity (Wildman–Crippen MR) is 94.5 cm³/mol. The number of amides is 2. The zero-order valence-corrected chi connectivity index (χ0v) is 15.4. The van der Waals surface area contributed by atoms with E-state index in [1.807, 2.05) is 0 Å². The molecule has 8 nitrogen and oxygen atoms in total. The predicted octanol–water partition coefficient (Wildman–Crippen LogP) is 1.38. The molecule has 1 saturated heterocycles. The summed E-state index contributed by atoms with van der Waals surface area (Å²) in [4.78, 5) is 39.0. The minimum atomic E-state index is -1.08. The Bertz CT molecular complexity index is 681. The molecule has 1 atom stereocenters. The van der Waals surface area contributed by atoms with E-state index in [0.29, 0.717) is 17.2 Å². The number of hydrogen-bond donors (Lipinski definition) is 1. The minimum Gasteiger partial charge on any atom is -0.497 e. The van der Waals surface area contributed by atoms with Gasteiger partial charge in [0.05, 0.1) is 25.8 Å². The van der Waals surface area contributed by atoms with Crippen LogP contribution in [0.3, 0.4) is 0 Å². The minimum absolute atomic E-state index is 0.0429. The first-order valence-corrected chi connectivity index (χ1v) is 8.32. The molecule has 1 unspecified atom stereocenters. The van der Waals surface area contributed by atoms with Crippen LogP contribution in [0.1, 0.15) is 20.3 Å². The number of carboxylic acids is 1. The first-order chi connectivity index (χ1) is 12.3. The molecule has 26 heavy (non-hydrogen) atoms. The fourth-order valence-corrected chi connectivity index (χ4v) is 2.97. The van der Waals surface area contributed by atoms with Gasteiger partial charge in [-0.15, -0.1) is 0 Å². The van der Waals surface area contributed by atoms with Gasteiger partial charge in [-0.05, 0) is 13.8 Å². The van der Waals surface area contributed by atoms with E-state index < -0.39 is 11.9 Å². The molecule has 1 N–H and O–H groups in total. The monoisotopic (exact) mass is 364 g/mol. The van der Waals surface area contributed by atoms with Gasteiger partial charge in [-0.25, -0.2) is 0 Å². The number of nitrogens with zero attached hydrogens (tertiary/aromatic N) is 2. The van der Waals surface area contributed by atoms with E-state index in [4.69, 9.17) is 14.6 Å². The Morgan fingerprint density at radius 2 is 1.81 bits per heavy atom. The second-order valence-electron chi connectivity index (χ2n) is 6.43. The second-order valence-corrected chi connectivity index (χ2v) is 6.43. The Morgan fingerprint density at radius 3 is 2.27 bits per heavy atom. The fourth-order valence-electron chi connectivity index (χ4n) is 2.97. The van der Waals surface area contributed by atoms with Crippen LogP contribution in [0.2, 0.25) is 0 Å². The van der Waals surface area contributed by atoms with Crippen LogP contribution in [0, 0.1) is 5.92 Å². The van der Waals surface area contributed by atoms with Gasteiger partial charge in [0.25, 0.3) is 0 Å². The number of benzene rings is 1. The molecule has 0 aromatic heterocycles. The molecule has 1 aliphatic rings. The average molecular weight is 364 g/mol. The molecule has 142 valence electrons. The highest BCUT2D eigenvalue weighted by atomic mass is 16.5. The van der Waals surface area contributed by atoms with Gasteiger partial charge in [-0.3, -0.25) is 14.4 Å². The summed E-state index contributed by atoms with van der Waals surface area (Å²) in [6.07, 6.45) is 0.0429. The van der Waals surface area contributed by atoms with Crippen LogP contribution < -0.4 is 14.4 Å².